The number of benzene rings is 3. The topological polar surface area (TPSA) is 48.3 Å². The largest absolute Gasteiger partial charge is 0.358 e. The van der Waals surface area contributed by atoms with Gasteiger partial charge in [0.1, 0.15) is 5.82 Å². The highest BCUT2D eigenvalue weighted by atomic mass is 32.2. The van der Waals surface area contributed by atoms with Crippen molar-refractivity contribution in [1.29, 1.82) is 0 Å². The number of fused-ring (bicyclic) bond motifs is 2. The van der Waals surface area contributed by atoms with Crippen molar-refractivity contribution < 1.29 is 18.9 Å². The highest BCUT2D eigenvalue weighted by Crippen LogP contribution is 2.55. The maximum atomic E-state index is 14.3. The first-order chi connectivity index (χ1) is 17.9. The Labute approximate surface area is 220 Å². The van der Waals surface area contributed by atoms with E-state index in [2.05, 4.69) is 11.0 Å². The van der Waals surface area contributed by atoms with Crippen molar-refractivity contribution >= 4 is 40.6 Å². The van der Waals surface area contributed by atoms with Gasteiger partial charge < -0.3 is 9.80 Å². The van der Waals surface area contributed by atoms with Crippen molar-refractivity contribution in [2.45, 2.75) is 18.7 Å². The van der Waals surface area contributed by atoms with E-state index < -0.39 is 4.87 Å². The van der Waals surface area contributed by atoms with Crippen LogP contribution in [0.4, 0.5) is 21.5 Å². The summed E-state index contributed by atoms with van der Waals surface area (Å²) in [6, 6.07) is 20.8. The van der Waals surface area contributed by atoms with Gasteiger partial charge in [-0.1, -0.05) is 36.4 Å². The SMILES string of the molecule is Cc1cc(C)cc(N2C(=O)CSC23C(=O)N(C[NH+]2CCN(c4ccccc4F)CC2)c2ccccc23)c1. The molecule has 0 bridgehead atoms. The lowest BCUT2D eigenvalue weighted by molar-refractivity contribution is -0.899. The maximum absolute atomic E-state index is 14.3. The van der Waals surface area contributed by atoms with Gasteiger partial charge in [0, 0.05) is 11.3 Å². The predicted molar refractivity (Wildman–Crippen MR) is 146 cm³/mol. The van der Waals surface area contributed by atoms with Crippen LogP contribution in [-0.4, -0.2) is 50.4 Å². The zero-order chi connectivity index (χ0) is 25.7. The lowest BCUT2D eigenvalue weighted by atomic mass is 10.0. The number of hydrogen-bond acceptors (Lipinski definition) is 4. The summed E-state index contributed by atoms with van der Waals surface area (Å²) >= 11 is 1.42. The average molecular weight is 518 g/mol. The van der Waals surface area contributed by atoms with Crippen LogP contribution in [0.3, 0.4) is 0 Å². The molecule has 3 aliphatic heterocycles. The molecule has 2 amide bonds. The summed E-state index contributed by atoms with van der Waals surface area (Å²) in [4.78, 5) is 33.5. The standard InChI is InChI=1S/C29H29FN4O2S/c1-20-15-21(2)17-22(16-20)34-27(35)18-37-29(34)23-7-3-5-9-25(23)33(28(29)36)19-31-11-13-32(14-12-31)26-10-6-4-8-24(26)30/h3-10,15-17H,11-14,18-19H2,1-2H3/p+1. The minimum Gasteiger partial charge on any atom is -0.358 e. The fourth-order valence-corrected chi connectivity index (χ4v) is 7.31. The van der Waals surface area contributed by atoms with Gasteiger partial charge in [-0.15, -0.1) is 11.8 Å². The molecule has 3 aromatic rings. The van der Waals surface area contributed by atoms with Crippen LogP contribution in [0.25, 0.3) is 0 Å². The van der Waals surface area contributed by atoms with Gasteiger partial charge in [0.05, 0.1) is 43.3 Å². The average Bonchev–Trinajstić information content (AvgIpc) is 3.35. The quantitative estimate of drug-likeness (QED) is 0.578. The number of hydrogen-bond donors (Lipinski definition) is 1. The van der Waals surface area contributed by atoms with E-state index in [1.165, 1.54) is 22.7 Å². The molecule has 6 nitrogen and oxygen atoms in total. The van der Waals surface area contributed by atoms with E-state index in [0.29, 0.717) is 25.4 Å². The number of carbonyl (C=O) groups is 2. The lowest BCUT2D eigenvalue weighted by Gasteiger charge is -2.36. The molecule has 1 unspecified atom stereocenters. The van der Waals surface area contributed by atoms with Crippen molar-refractivity contribution in [1.82, 2.24) is 0 Å². The Kier molecular flexibility index (Phi) is 5.96. The molecule has 3 aromatic carbocycles. The fraction of sp³-hybridized carbons (Fsp3) is 0.310. The van der Waals surface area contributed by atoms with Crippen molar-refractivity contribution in [3.8, 4) is 0 Å². The van der Waals surface area contributed by atoms with Crippen LogP contribution in [0.1, 0.15) is 16.7 Å². The molecule has 1 spiro atoms. The van der Waals surface area contributed by atoms with Crippen LogP contribution in [0.15, 0.2) is 66.7 Å². The summed E-state index contributed by atoms with van der Waals surface area (Å²) in [6.45, 7) is 7.55. The van der Waals surface area contributed by atoms with E-state index in [0.717, 1.165) is 41.2 Å². The number of piperazine rings is 1. The van der Waals surface area contributed by atoms with Gasteiger partial charge in [0.2, 0.25) is 10.8 Å². The molecular formula is C29H30FN4O2S+. The van der Waals surface area contributed by atoms with Crippen LogP contribution in [0.5, 0.6) is 0 Å². The molecule has 0 aromatic heterocycles. The number of amides is 2. The number of quaternary nitrogens is 1. The normalized spacial score (nSPS) is 21.9. The summed E-state index contributed by atoms with van der Waals surface area (Å²) in [5.74, 6) is -0.0562. The van der Waals surface area contributed by atoms with Gasteiger partial charge in [-0.2, -0.15) is 0 Å². The number of carbonyl (C=O) groups excluding carboxylic acids is 2. The second-order valence-electron chi connectivity index (χ2n) is 10.1. The Morgan fingerprint density at radius 2 is 1.57 bits per heavy atom. The molecule has 1 atom stereocenters. The van der Waals surface area contributed by atoms with E-state index in [4.69, 9.17) is 0 Å². The minimum absolute atomic E-state index is 0.0501. The summed E-state index contributed by atoms with van der Waals surface area (Å²) in [7, 11) is 0. The number of nitrogens with one attached hydrogen (secondary N) is 1. The Hall–Kier alpha value is -3.36. The van der Waals surface area contributed by atoms with Gasteiger partial charge in [0.25, 0.3) is 5.91 Å². The number of halogens is 1. The third-order valence-electron chi connectivity index (χ3n) is 7.57. The highest BCUT2D eigenvalue weighted by Gasteiger charge is 2.61. The Balaban J connectivity index is 1.29. The molecule has 3 aliphatic rings. The number of para-hydroxylation sites is 2. The number of anilines is 3. The first-order valence-electron chi connectivity index (χ1n) is 12.7. The molecule has 0 aliphatic carbocycles. The second-order valence-corrected chi connectivity index (χ2v) is 11.3. The van der Waals surface area contributed by atoms with Crippen molar-refractivity contribution in [2.75, 3.05) is 53.3 Å². The van der Waals surface area contributed by atoms with E-state index in [-0.39, 0.29) is 23.4 Å². The predicted octanol–water partition coefficient (Wildman–Crippen LogP) is 3.08. The van der Waals surface area contributed by atoms with Gasteiger partial charge in [0.15, 0.2) is 6.67 Å². The first-order valence-corrected chi connectivity index (χ1v) is 13.7. The summed E-state index contributed by atoms with van der Waals surface area (Å²) < 4.78 is 14.3. The second kappa shape index (κ2) is 9.19. The van der Waals surface area contributed by atoms with Crippen LogP contribution < -0.4 is 19.6 Å². The minimum atomic E-state index is -1.09. The molecule has 1 N–H and O–H groups in total. The molecule has 0 saturated carbocycles. The van der Waals surface area contributed by atoms with Crippen LogP contribution >= 0.6 is 11.8 Å². The van der Waals surface area contributed by atoms with Crippen molar-refractivity contribution in [3.05, 3.63) is 89.2 Å². The number of rotatable bonds is 4. The van der Waals surface area contributed by atoms with Gasteiger partial charge in [-0.25, -0.2) is 4.39 Å². The number of thioether (sulfide) groups is 1. The Morgan fingerprint density at radius 1 is 0.919 bits per heavy atom. The zero-order valence-electron chi connectivity index (χ0n) is 21.0. The fourth-order valence-electron chi connectivity index (χ4n) is 5.95. The molecule has 37 heavy (non-hydrogen) atoms. The first kappa shape index (κ1) is 24.0. The molecule has 190 valence electrons. The van der Waals surface area contributed by atoms with Gasteiger partial charge >= 0.3 is 0 Å². The summed E-state index contributed by atoms with van der Waals surface area (Å²) in [6.07, 6.45) is 0. The van der Waals surface area contributed by atoms with Crippen LogP contribution in [0, 0.1) is 19.7 Å². The zero-order valence-corrected chi connectivity index (χ0v) is 21.9. The summed E-state index contributed by atoms with van der Waals surface area (Å²) in [5, 5.41) is 0. The molecule has 8 heteroatoms. The van der Waals surface area contributed by atoms with Crippen LogP contribution in [-0.2, 0) is 14.5 Å². The highest BCUT2D eigenvalue weighted by molar-refractivity contribution is 8.02. The van der Waals surface area contributed by atoms with Crippen LogP contribution in [0.2, 0.25) is 0 Å². The Bertz CT molecular complexity index is 1370. The van der Waals surface area contributed by atoms with E-state index >= 15 is 0 Å². The van der Waals surface area contributed by atoms with E-state index in [1.54, 1.807) is 11.0 Å². The smallest absolute Gasteiger partial charge is 0.273 e. The van der Waals surface area contributed by atoms with Gasteiger partial charge in [-0.05, 0) is 55.3 Å². The summed E-state index contributed by atoms with van der Waals surface area (Å²) in [5.41, 5.74) is 5.26. The Morgan fingerprint density at radius 3 is 2.27 bits per heavy atom. The molecule has 3 heterocycles. The van der Waals surface area contributed by atoms with E-state index in [1.807, 2.05) is 67.3 Å². The number of nitrogens with zero attached hydrogens (tertiary/aromatic N) is 3. The molecular weight excluding hydrogens is 487 g/mol. The lowest BCUT2D eigenvalue weighted by Crippen LogP contribution is -3.16. The maximum Gasteiger partial charge on any atom is 0.273 e. The molecule has 2 fully saturated rings. The third kappa shape index (κ3) is 3.90. The van der Waals surface area contributed by atoms with Crippen molar-refractivity contribution in [2.24, 2.45) is 0 Å². The monoisotopic (exact) mass is 517 g/mol. The molecule has 2 saturated heterocycles. The van der Waals surface area contributed by atoms with Crippen molar-refractivity contribution in [3.63, 3.8) is 0 Å². The molecule has 0 radical (unpaired) electrons. The number of aryl methyl sites for hydroxylation is 2. The molecule has 6 rings (SSSR count). The van der Waals surface area contributed by atoms with E-state index in [9.17, 15) is 14.0 Å². The van der Waals surface area contributed by atoms with Gasteiger partial charge in [-0.3, -0.25) is 19.4 Å². The third-order valence-corrected chi connectivity index (χ3v) is 8.96.